The zero-order valence-corrected chi connectivity index (χ0v) is 21.9. The van der Waals surface area contributed by atoms with E-state index in [4.69, 9.17) is 20.9 Å². The Labute approximate surface area is 213 Å². The molecule has 0 aromatic heterocycles. The van der Waals surface area contributed by atoms with Crippen LogP contribution in [0.2, 0.25) is 0 Å². The maximum absolute atomic E-state index is 13.1. The van der Waals surface area contributed by atoms with Crippen LogP contribution in [0.4, 0.5) is 5.69 Å². The lowest BCUT2D eigenvalue weighted by Gasteiger charge is -2.15. The van der Waals surface area contributed by atoms with Gasteiger partial charge in [0.2, 0.25) is 0 Å². The Balaban J connectivity index is 1.90. The number of benzene rings is 2. The van der Waals surface area contributed by atoms with Crippen LogP contribution in [0.5, 0.6) is 5.75 Å². The van der Waals surface area contributed by atoms with E-state index in [9.17, 15) is 4.79 Å². The van der Waals surface area contributed by atoms with E-state index in [0.717, 1.165) is 30.6 Å². The summed E-state index contributed by atoms with van der Waals surface area (Å²) in [6.45, 7) is 1.36. The standard InChI is InChI=1S/C23H20I2N2O3S/c1-3-11-30-21-18(24)13-16(14-19(21)25)15-20-22(28)27(10-7-12-29-2)23(31-20)26-17-8-5-4-6-9-17/h1,4-6,8-9,13-15H,7,10-12H2,2H3/b20-15-,26-23?. The summed E-state index contributed by atoms with van der Waals surface area (Å²) in [5, 5.41) is 0.678. The van der Waals surface area contributed by atoms with Crippen LogP contribution in [0.25, 0.3) is 6.08 Å². The molecule has 8 heteroatoms. The average molecular weight is 658 g/mol. The van der Waals surface area contributed by atoms with Gasteiger partial charge in [0, 0.05) is 20.3 Å². The molecule has 1 fully saturated rings. The largest absolute Gasteiger partial charge is 0.479 e. The monoisotopic (exact) mass is 658 g/mol. The van der Waals surface area contributed by atoms with Gasteiger partial charge in [0.25, 0.3) is 5.91 Å². The Morgan fingerprint density at radius 3 is 2.58 bits per heavy atom. The number of methoxy groups -OCH3 is 1. The Morgan fingerprint density at radius 2 is 1.94 bits per heavy atom. The van der Waals surface area contributed by atoms with Crippen molar-refractivity contribution < 1.29 is 14.3 Å². The van der Waals surface area contributed by atoms with E-state index < -0.39 is 0 Å². The molecule has 3 rings (SSSR count). The first-order chi connectivity index (χ1) is 15.0. The summed E-state index contributed by atoms with van der Waals surface area (Å²) < 4.78 is 12.7. The first-order valence-corrected chi connectivity index (χ1v) is 12.4. The molecule has 1 amide bonds. The van der Waals surface area contributed by atoms with Crippen LogP contribution >= 0.6 is 56.9 Å². The van der Waals surface area contributed by atoms with Crippen molar-refractivity contribution in [3.05, 3.63) is 60.1 Å². The predicted octanol–water partition coefficient (Wildman–Crippen LogP) is 5.55. The predicted molar refractivity (Wildman–Crippen MR) is 144 cm³/mol. The second-order valence-electron chi connectivity index (χ2n) is 6.45. The Bertz CT molecular complexity index is 1030. The molecule has 2 aromatic carbocycles. The van der Waals surface area contributed by atoms with Gasteiger partial charge in [0.05, 0.1) is 17.7 Å². The summed E-state index contributed by atoms with van der Waals surface area (Å²) >= 11 is 5.83. The SMILES string of the molecule is C#CCOc1c(I)cc(/C=C2\SC(=Nc3ccccc3)N(CCCOC)C2=O)cc1I. The summed E-state index contributed by atoms with van der Waals surface area (Å²) in [7, 11) is 1.66. The number of rotatable bonds is 8. The van der Waals surface area contributed by atoms with Crippen molar-refractivity contribution in [1.29, 1.82) is 0 Å². The number of halogens is 2. The summed E-state index contributed by atoms with van der Waals surface area (Å²) in [6, 6.07) is 13.6. The van der Waals surface area contributed by atoms with Crippen molar-refractivity contribution >= 4 is 79.8 Å². The highest BCUT2D eigenvalue weighted by atomic mass is 127. The van der Waals surface area contributed by atoms with Gasteiger partial charge in [-0.3, -0.25) is 9.69 Å². The normalized spacial score (nSPS) is 16.2. The van der Waals surface area contributed by atoms with Crippen molar-refractivity contribution in [2.45, 2.75) is 6.42 Å². The lowest BCUT2D eigenvalue weighted by atomic mass is 10.2. The van der Waals surface area contributed by atoms with Crippen LogP contribution < -0.4 is 4.74 Å². The van der Waals surface area contributed by atoms with Crippen LogP contribution in [0.3, 0.4) is 0 Å². The number of carbonyl (C=O) groups is 1. The van der Waals surface area contributed by atoms with E-state index in [1.165, 1.54) is 11.8 Å². The topological polar surface area (TPSA) is 51.1 Å². The van der Waals surface area contributed by atoms with Gasteiger partial charge >= 0.3 is 0 Å². The molecule has 1 aliphatic rings. The number of hydrogen-bond donors (Lipinski definition) is 0. The van der Waals surface area contributed by atoms with Gasteiger partial charge in [-0.1, -0.05) is 24.1 Å². The number of para-hydroxylation sites is 1. The van der Waals surface area contributed by atoms with E-state index in [1.807, 2.05) is 48.5 Å². The van der Waals surface area contributed by atoms with Gasteiger partial charge in [-0.2, -0.15) is 0 Å². The van der Waals surface area contributed by atoms with Crippen LogP contribution in [0, 0.1) is 19.5 Å². The molecule has 1 aliphatic heterocycles. The maximum Gasteiger partial charge on any atom is 0.266 e. The fourth-order valence-corrected chi connectivity index (χ4v) is 5.99. The van der Waals surface area contributed by atoms with Crippen molar-refractivity contribution in [3.63, 3.8) is 0 Å². The molecule has 160 valence electrons. The summed E-state index contributed by atoms with van der Waals surface area (Å²) in [6.07, 6.45) is 7.94. The van der Waals surface area contributed by atoms with Gasteiger partial charge < -0.3 is 9.47 Å². The molecule has 2 aromatic rings. The van der Waals surface area contributed by atoms with Gasteiger partial charge in [0.1, 0.15) is 12.4 Å². The van der Waals surface area contributed by atoms with E-state index in [2.05, 4.69) is 51.1 Å². The Hall–Kier alpha value is -1.55. The van der Waals surface area contributed by atoms with Crippen molar-refractivity contribution in [2.75, 3.05) is 26.9 Å². The molecule has 0 bridgehead atoms. The molecule has 0 radical (unpaired) electrons. The van der Waals surface area contributed by atoms with Gasteiger partial charge in [-0.25, -0.2) is 4.99 Å². The molecular weight excluding hydrogens is 638 g/mol. The average Bonchev–Trinajstić information content (AvgIpc) is 3.03. The first-order valence-electron chi connectivity index (χ1n) is 9.43. The van der Waals surface area contributed by atoms with Crippen LogP contribution in [0.1, 0.15) is 12.0 Å². The smallest absolute Gasteiger partial charge is 0.266 e. The zero-order chi connectivity index (χ0) is 22.2. The van der Waals surface area contributed by atoms with Gasteiger partial charge in [0.15, 0.2) is 5.17 Å². The summed E-state index contributed by atoms with van der Waals surface area (Å²) in [5.74, 6) is 3.20. The number of amides is 1. The fraction of sp³-hybridized carbons (Fsp3) is 0.217. The zero-order valence-electron chi connectivity index (χ0n) is 16.8. The lowest BCUT2D eigenvalue weighted by molar-refractivity contribution is -0.122. The number of ether oxygens (including phenoxy) is 2. The van der Waals surface area contributed by atoms with Gasteiger partial charge in [-0.15, -0.1) is 6.42 Å². The Morgan fingerprint density at radius 1 is 1.23 bits per heavy atom. The minimum atomic E-state index is -0.0477. The molecule has 0 N–H and O–H groups in total. The van der Waals surface area contributed by atoms with E-state index in [1.54, 1.807) is 12.0 Å². The first kappa shape index (κ1) is 24.1. The third-order valence-corrected chi connectivity index (χ3v) is 6.83. The molecular formula is C23H20I2N2O3S. The Kier molecular flexibility index (Phi) is 9.25. The molecule has 31 heavy (non-hydrogen) atoms. The number of hydrogen-bond acceptors (Lipinski definition) is 5. The molecule has 0 saturated carbocycles. The number of thioether (sulfide) groups is 1. The molecule has 0 aliphatic carbocycles. The fourth-order valence-electron chi connectivity index (χ4n) is 2.83. The molecule has 1 heterocycles. The third-order valence-electron chi connectivity index (χ3n) is 4.22. The minimum Gasteiger partial charge on any atom is -0.479 e. The number of carbonyl (C=O) groups excluding carboxylic acids is 1. The van der Waals surface area contributed by atoms with E-state index in [0.29, 0.717) is 23.2 Å². The van der Waals surface area contributed by atoms with Crippen LogP contribution in [0.15, 0.2) is 52.4 Å². The highest BCUT2D eigenvalue weighted by Gasteiger charge is 2.33. The van der Waals surface area contributed by atoms with Crippen LogP contribution in [-0.4, -0.2) is 42.8 Å². The second kappa shape index (κ2) is 11.9. The highest BCUT2D eigenvalue weighted by Crippen LogP contribution is 2.36. The number of amidine groups is 1. The van der Waals surface area contributed by atoms with Crippen molar-refractivity contribution in [2.24, 2.45) is 4.99 Å². The van der Waals surface area contributed by atoms with Crippen LogP contribution in [-0.2, 0) is 9.53 Å². The number of nitrogens with zero attached hydrogens (tertiary/aromatic N) is 2. The summed E-state index contributed by atoms with van der Waals surface area (Å²) in [5.41, 5.74) is 1.74. The third kappa shape index (κ3) is 6.47. The molecule has 0 unspecified atom stereocenters. The highest BCUT2D eigenvalue weighted by molar-refractivity contribution is 14.1. The molecule has 0 atom stereocenters. The summed E-state index contributed by atoms with van der Waals surface area (Å²) in [4.78, 5) is 20.2. The molecule has 0 spiro atoms. The van der Waals surface area contributed by atoms with Crippen molar-refractivity contribution in [3.8, 4) is 18.1 Å². The molecule has 1 saturated heterocycles. The maximum atomic E-state index is 13.1. The van der Waals surface area contributed by atoms with E-state index >= 15 is 0 Å². The van der Waals surface area contributed by atoms with Gasteiger partial charge in [-0.05, 0) is 99.3 Å². The second-order valence-corrected chi connectivity index (χ2v) is 9.78. The number of aliphatic imine (C=N–C) groups is 1. The molecule has 5 nitrogen and oxygen atoms in total. The quantitative estimate of drug-likeness (QED) is 0.162. The van der Waals surface area contributed by atoms with Crippen molar-refractivity contribution in [1.82, 2.24) is 4.90 Å². The lowest BCUT2D eigenvalue weighted by Crippen LogP contribution is -2.30. The minimum absolute atomic E-state index is 0.0477. The number of terminal acetylenes is 1. The van der Waals surface area contributed by atoms with E-state index in [-0.39, 0.29) is 12.5 Å².